The summed E-state index contributed by atoms with van der Waals surface area (Å²) in [6.45, 7) is 3.01. The molecule has 0 saturated carbocycles. The monoisotopic (exact) mass is 256 g/mol. The first-order chi connectivity index (χ1) is 9.29. The van der Waals surface area contributed by atoms with E-state index >= 15 is 0 Å². The Bertz CT molecular complexity index is 561. The van der Waals surface area contributed by atoms with E-state index in [2.05, 4.69) is 40.7 Å². The molecule has 1 N–H and O–H groups in total. The van der Waals surface area contributed by atoms with Gasteiger partial charge in [-0.15, -0.1) is 0 Å². The van der Waals surface area contributed by atoms with Crippen molar-refractivity contribution < 1.29 is 5.11 Å². The summed E-state index contributed by atoms with van der Waals surface area (Å²) in [4.78, 5) is 4.36. The number of benzene rings is 1. The van der Waals surface area contributed by atoms with Crippen molar-refractivity contribution in [2.45, 2.75) is 44.8 Å². The van der Waals surface area contributed by atoms with Crippen molar-refractivity contribution in [2.24, 2.45) is 0 Å². The molecule has 1 aliphatic rings. The molecule has 0 aliphatic heterocycles. The van der Waals surface area contributed by atoms with Crippen LogP contribution in [0.2, 0.25) is 0 Å². The molecule has 0 bridgehead atoms. The number of imidazole rings is 1. The Labute approximate surface area is 113 Å². The van der Waals surface area contributed by atoms with Crippen LogP contribution in [0.4, 0.5) is 0 Å². The Kier molecular flexibility index (Phi) is 3.38. The van der Waals surface area contributed by atoms with E-state index in [-0.39, 0.29) is 12.0 Å². The number of fused-ring (bicyclic) bond motifs is 1. The minimum atomic E-state index is -0.337. The van der Waals surface area contributed by atoms with Crippen molar-refractivity contribution in [3.05, 3.63) is 53.6 Å². The quantitative estimate of drug-likeness (QED) is 0.913. The lowest BCUT2D eigenvalue weighted by atomic mass is 9.93. The minimum Gasteiger partial charge on any atom is -0.392 e. The third-order valence-electron chi connectivity index (χ3n) is 4.18. The fraction of sp³-hybridized carbons (Fsp3) is 0.438. The van der Waals surface area contributed by atoms with Crippen molar-refractivity contribution in [2.75, 3.05) is 0 Å². The Morgan fingerprint density at radius 3 is 3.11 bits per heavy atom. The average Bonchev–Trinajstić information content (AvgIpc) is 3.04. The summed E-state index contributed by atoms with van der Waals surface area (Å²) in [5, 5.41) is 10.5. The molecular weight excluding hydrogens is 236 g/mol. The second-order valence-electron chi connectivity index (χ2n) is 5.24. The molecule has 1 aliphatic carbocycles. The Hall–Kier alpha value is -1.61. The Morgan fingerprint density at radius 2 is 2.26 bits per heavy atom. The molecule has 1 heterocycles. The number of aliphatic hydroxyl groups excluding tert-OH is 1. The zero-order chi connectivity index (χ0) is 13.2. The van der Waals surface area contributed by atoms with Crippen molar-refractivity contribution in [1.82, 2.24) is 9.55 Å². The van der Waals surface area contributed by atoms with Gasteiger partial charge < -0.3 is 9.67 Å². The van der Waals surface area contributed by atoms with Crippen molar-refractivity contribution in [3.8, 4) is 0 Å². The molecule has 0 amide bonds. The molecule has 3 heteroatoms. The van der Waals surface area contributed by atoms with E-state index in [4.69, 9.17) is 0 Å². The van der Waals surface area contributed by atoms with E-state index in [1.165, 1.54) is 11.1 Å². The van der Waals surface area contributed by atoms with Crippen molar-refractivity contribution >= 4 is 0 Å². The predicted octanol–water partition coefficient (Wildman–Crippen LogP) is 2.54. The molecule has 3 rings (SSSR count). The molecule has 2 atom stereocenters. The number of hydrogen-bond donors (Lipinski definition) is 1. The molecule has 3 nitrogen and oxygen atoms in total. The van der Waals surface area contributed by atoms with Crippen LogP contribution in [0.3, 0.4) is 0 Å². The first-order valence-electron chi connectivity index (χ1n) is 7.05. The standard InChI is InChI=1S/C16H20N2O/c1-2-18-10-9-17-16(18)11-15(19)14-8-7-12-5-3-4-6-13(12)14/h3-6,9-10,14-15,19H,2,7-8,11H2,1H3. The number of aryl methyl sites for hydroxylation is 2. The Morgan fingerprint density at radius 1 is 1.42 bits per heavy atom. The van der Waals surface area contributed by atoms with Crippen LogP contribution in [0.25, 0.3) is 0 Å². The highest BCUT2D eigenvalue weighted by molar-refractivity contribution is 5.35. The van der Waals surface area contributed by atoms with Crippen LogP contribution in [0, 0.1) is 0 Å². The van der Waals surface area contributed by atoms with E-state index in [0.29, 0.717) is 6.42 Å². The highest BCUT2D eigenvalue weighted by atomic mass is 16.3. The van der Waals surface area contributed by atoms with Crippen molar-refractivity contribution in [3.63, 3.8) is 0 Å². The molecule has 1 aromatic carbocycles. The third kappa shape index (κ3) is 2.30. The van der Waals surface area contributed by atoms with Crippen LogP contribution in [0.15, 0.2) is 36.7 Å². The highest BCUT2D eigenvalue weighted by Crippen LogP contribution is 2.36. The summed E-state index contributed by atoms with van der Waals surface area (Å²) in [5.74, 6) is 1.25. The lowest BCUT2D eigenvalue weighted by molar-refractivity contribution is 0.139. The summed E-state index contributed by atoms with van der Waals surface area (Å²) in [7, 11) is 0. The van der Waals surface area contributed by atoms with E-state index < -0.39 is 0 Å². The maximum atomic E-state index is 10.5. The topological polar surface area (TPSA) is 38.0 Å². The van der Waals surface area contributed by atoms with Gasteiger partial charge in [-0.2, -0.15) is 0 Å². The van der Waals surface area contributed by atoms with Gasteiger partial charge in [0.05, 0.1) is 6.10 Å². The van der Waals surface area contributed by atoms with Gasteiger partial charge >= 0.3 is 0 Å². The van der Waals surface area contributed by atoms with Gasteiger partial charge in [0, 0.05) is 31.3 Å². The molecule has 0 spiro atoms. The van der Waals surface area contributed by atoms with Gasteiger partial charge in [-0.05, 0) is 30.9 Å². The lowest BCUT2D eigenvalue weighted by Gasteiger charge is -2.19. The zero-order valence-corrected chi connectivity index (χ0v) is 11.3. The molecule has 0 radical (unpaired) electrons. The van der Waals surface area contributed by atoms with Crippen molar-refractivity contribution in [1.29, 1.82) is 0 Å². The molecule has 2 unspecified atom stereocenters. The predicted molar refractivity (Wildman–Crippen MR) is 75.1 cm³/mol. The fourth-order valence-corrected chi connectivity index (χ4v) is 3.14. The fourth-order valence-electron chi connectivity index (χ4n) is 3.14. The molecule has 2 aromatic rings. The van der Waals surface area contributed by atoms with E-state index in [9.17, 15) is 5.11 Å². The van der Waals surface area contributed by atoms with Gasteiger partial charge in [-0.1, -0.05) is 24.3 Å². The molecule has 0 saturated heterocycles. The van der Waals surface area contributed by atoms with Gasteiger partial charge in [0.1, 0.15) is 5.82 Å². The second kappa shape index (κ2) is 5.17. The van der Waals surface area contributed by atoms with E-state index in [1.807, 2.05) is 12.4 Å². The summed E-state index contributed by atoms with van der Waals surface area (Å²) in [6, 6.07) is 8.48. The van der Waals surface area contributed by atoms with E-state index in [0.717, 1.165) is 25.2 Å². The van der Waals surface area contributed by atoms with Crippen LogP contribution < -0.4 is 0 Å². The number of nitrogens with zero attached hydrogens (tertiary/aromatic N) is 2. The summed E-state index contributed by atoms with van der Waals surface area (Å²) in [5.41, 5.74) is 2.72. The second-order valence-corrected chi connectivity index (χ2v) is 5.24. The van der Waals surface area contributed by atoms with E-state index in [1.54, 1.807) is 0 Å². The average molecular weight is 256 g/mol. The number of aromatic nitrogens is 2. The smallest absolute Gasteiger partial charge is 0.111 e. The lowest BCUT2D eigenvalue weighted by Crippen LogP contribution is -2.21. The van der Waals surface area contributed by atoms with Crippen LogP contribution in [-0.4, -0.2) is 20.8 Å². The van der Waals surface area contributed by atoms with Crippen LogP contribution >= 0.6 is 0 Å². The highest BCUT2D eigenvalue weighted by Gasteiger charge is 2.29. The largest absolute Gasteiger partial charge is 0.392 e. The maximum Gasteiger partial charge on any atom is 0.111 e. The Balaban J connectivity index is 1.77. The third-order valence-corrected chi connectivity index (χ3v) is 4.18. The van der Waals surface area contributed by atoms with Crippen LogP contribution in [0.5, 0.6) is 0 Å². The molecule has 1 aromatic heterocycles. The van der Waals surface area contributed by atoms with Gasteiger partial charge in [0.15, 0.2) is 0 Å². The van der Waals surface area contributed by atoms with Gasteiger partial charge in [0.25, 0.3) is 0 Å². The molecule has 100 valence electrons. The molecular formula is C16H20N2O. The number of aliphatic hydroxyl groups is 1. The summed E-state index contributed by atoms with van der Waals surface area (Å²) >= 11 is 0. The zero-order valence-electron chi connectivity index (χ0n) is 11.3. The van der Waals surface area contributed by atoms with Gasteiger partial charge in [-0.25, -0.2) is 4.98 Å². The minimum absolute atomic E-state index is 0.262. The van der Waals surface area contributed by atoms with Gasteiger partial charge in [0.2, 0.25) is 0 Å². The first kappa shape index (κ1) is 12.4. The number of rotatable bonds is 4. The first-order valence-corrected chi connectivity index (χ1v) is 7.05. The molecule has 19 heavy (non-hydrogen) atoms. The molecule has 0 fully saturated rings. The number of hydrogen-bond acceptors (Lipinski definition) is 2. The normalized spacial score (nSPS) is 19.4. The summed E-state index contributed by atoms with van der Waals surface area (Å²) < 4.78 is 2.10. The van der Waals surface area contributed by atoms with Crippen LogP contribution in [0.1, 0.15) is 36.2 Å². The summed E-state index contributed by atoms with van der Waals surface area (Å²) in [6.07, 6.45) is 6.22. The maximum absolute atomic E-state index is 10.5. The van der Waals surface area contributed by atoms with Crippen LogP contribution in [-0.2, 0) is 19.4 Å². The SMILES string of the molecule is CCn1ccnc1CC(O)C1CCc2ccccc21. The van der Waals surface area contributed by atoms with Gasteiger partial charge in [-0.3, -0.25) is 0 Å².